The quantitative estimate of drug-likeness (QED) is 0.830. The van der Waals surface area contributed by atoms with Crippen molar-refractivity contribution in [3.05, 3.63) is 52.8 Å². The van der Waals surface area contributed by atoms with Gasteiger partial charge in [-0.2, -0.15) is 0 Å². The molecule has 0 unspecified atom stereocenters. The van der Waals surface area contributed by atoms with E-state index in [2.05, 4.69) is 15.3 Å². The minimum atomic E-state index is -0.603. The average molecular weight is 277 g/mol. The first-order chi connectivity index (χ1) is 9.06. The second kappa shape index (κ2) is 5.45. The predicted molar refractivity (Wildman–Crippen MR) is 70.0 cm³/mol. The Kier molecular flexibility index (Phi) is 3.72. The van der Waals surface area contributed by atoms with Crippen LogP contribution in [0.15, 0.2) is 36.5 Å². The molecule has 3 N–H and O–H groups in total. The molecule has 0 aliphatic rings. The Morgan fingerprint density at radius 2 is 1.95 bits per heavy atom. The van der Waals surface area contributed by atoms with Crippen molar-refractivity contribution < 1.29 is 9.59 Å². The third-order valence-electron chi connectivity index (χ3n) is 2.26. The SMILES string of the molecule is NC(=O)c1cccc(C(=O)Nc2nccc(Cl)n2)c1. The van der Waals surface area contributed by atoms with Crippen LogP contribution in [-0.4, -0.2) is 21.8 Å². The van der Waals surface area contributed by atoms with Crippen LogP contribution in [0.4, 0.5) is 5.95 Å². The van der Waals surface area contributed by atoms with Gasteiger partial charge in [0.25, 0.3) is 5.91 Å². The van der Waals surface area contributed by atoms with Crippen LogP contribution in [0.1, 0.15) is 20.7 Å². The molecule has 2 aromatic rings. The van der Waals surface area contributed by atoms with E-state index in [1.165, 1.54) is 24.4 Å². The van der Waals surface area contributed by atoms with Crippen molar-refractivity contribution in [2.75, 3.05) is 5.32 Å². The van der Waals surface area contributed by atoms with Crippen LogP contribution in [0.3, 0.4) is 0 Å². The molecule has 7 heteroatoms. The Hall–Kier alpha value is -2.47. The number of nitrogens with two attached hydrogens (primary N) is 1. The molecule has 96 valence electrons. The first kappa shape index (κ1) is 13.0. The first-order valence-corrected chi connectivity index (χ1v) is 5.64. The zero-order valence-electron chi connectivity index (χ0n) is 9.63. The number of anilines is 1. The summed E-state index contributed by atoms with van der Waals surface area (Å²) in [6.07, 6.45) is 1.42. The standard InChI is InChI=1S/C12H9ClN4O2/c13-9-4-5-15-12(16-9)17-11(19)8-3-1-2-7(6-8)10(14)18/h1-6H,(H2,14,18)(H,15,16,17,19). The van der Waals surface area contributed by atoms with E-state index in [1.54, 1.807) is 12.1 Å². The van der Waals surface area contributed by atoms with Gasteiger partial charge >= 0.3 is 0 Å². The molecule has 2 amide bonds. The molecule has 0 atom stereocenters. The minimum absolute atomic E-state index is 0.0852. The predicted octanol–water partition coefficient (Wildman–Crippen LogP) is 1.48. The summed E-state index contributed by atoms with van der Waals surface area (Å²) >= 11 is 5.68. The molecule has 0 saturated heterocycles. The molecule has 0 saturated carbocycles. The molecule has 0 spiro atoms. The number of primary amides is 1. The fraction of sp³-hybridized carbons (Fsp3) is 0. The van der Waals surface area contributed by atoms with Gasteiger partial charge in [0.05, 0.1) is 0 Å². The van der Waals surface area contributed by atoms with Gasteiger partial charge in [-0.05, 0) is 24.3 Å². The third-order valence-corrected chi connectivity index (χ3v) is 2.47. The van der Waals surface area contributed by atoms with Crippen molar-refractivity contribution in [3.63, 3.8) is 0 Å². The van der Waals surface area contributed by atoms with Crippen molar-refractivity contribution in [1.29, 1.82) is 0 Å². The Morgan fingerprint density at radius 1 is 1.21 bits per heavy atom. The summed E-state index contributed by atoms with van der Waals surface area (Å²) in [4.78, 5) is 30.6. The van der Waals surface area contributed by atoms with E-state index in [1.807, 2.05) is 0 Å². The lowest BCUT2D eigenvalue weighted by Crippen LogP contribution is -2.16. The molecular weight excluding hydrogens is 268 g/mol. The molecule has 0 radical (unpaired) electrons. The number of benzene rings is 1. The van der Waals surface area contributed by atoms with Crippen LogP contribution >= 0.6 is 11.6 Å². The molecule has 1 heterocycles. The Morgan fingerprint density at radius 3 is 2.63 bits per heavy atom. The second-order valence-electron chi connectivity index (χ2n) is 3.60. The first-order valence-electron chi connectivity index (χ1n) is 5.26. The Labute approximate surface area is 113 Å². The van der Waals surface area contributed by atoms with Gasteiger partial charge in [-0.3, -0.25) is 14.9 Å². The normalized spacial score (nSPS) is 9.95. The average Bonchev–Trinajstić information content (AvgIpc) is 2.39. The van der Waals surface area contributed by atoms with E-state index >= 15 is 0 Å². The van der Waals surface area contributed by atoms with Crippen LogP contribution in [0, 0.1) is 0 Å². The number of carbonyl (C=O) groups excluding carboxylic acids is 2. The maximum absolute atomic E-state index is 11.9. The monoisotopic (exact) mass is 276 g/mol. The van der Waals surface area contributed by atoms with E-state index in [-0.39, 0.29) is 22.2 Å². The number of amides is 2. The highest BCUT2D eigenvalue weighted by Gasteiger charge is 2.10. The van der Waals surface area contributed by atoms with Crippen molar-refractivity contribution in [2.45, 2.75) is 0 Å². The largest absolute Gasteiger partial charge is 0.366 e. The summed E-state index contributed by atoms with van der Waals surface area (Å²) in [6.45, 7) is 0. The van der Waals surface area contributed by atoms with Gasteiger partial charge in [0.1, 0.15) is 5.15 Å². The van der Waals surface area contributed by atoms with Crippen LogP contribution in [0.2, 0.25) is 5.15 Å². The second-order valence-corrected chi connectivity index (χ2v) is 3.99. The Bertz CT molecular complexity index is 645. The lowest BCUT2D eigenvalue weighted by Gasteiger charge is -2.04. The van der Waals surface area contributed by atoms with E-state index < -0.39 is 11.8 Å². The van der Waals surface area contributed by atoms with Gasteiger partial charge in [-0.1, -0.05) is 17.7 Å². The number of aromatic nitrogens is 2. The highest BCUT2D eigenvalue weighted by atomic mass is 35.5. The maximum Gasteiger partial charge on any atom is 0.258 e. The highest BCUT2D eigenvalue weighted by molar-refractivity contribution is 6.29. The van der Waals surface area contributed by atoms with Crippen LogP contribution < -0.4 is 11.1 Å². The van der Waals surface area contributed by atoms with E-state index in [0.717, 1.165) is 0 Å². The molecule has 1 aromatic carbocycles. The number of rotatable bonds is 3. The molecule has 19 heavy (non-hydrogen) atoms. The van der Waals surface area contributed by atoms with Gasteiger partial charge in [0, 0.05) is 17.3 Å². The molecule has 2 rings (SSSR count). The molecule has 0 bridgehead atoms. The fourth-order valence-corrected chi connectivity index (χ4v) is 1.52. The summed E-state index contributed by atoms with van der Waals surface area (Å²) in [5.41, 5.74) is 5.67. The van der Waals surface area contributed by atoms with Crippen LogP contribution in [0.5, 0.6) is 0 Å². The van der Waals surface area contributed by atoms with Crippen molar-refractivity contribution >= 4 is 29.4 Å². The molecule has 0 aliphatic carbocycles. The van der Waals surface area contributed by atoms with Crippen LogP contribution in [0.25, 0.3) is 0 Å². The summed E-state index contributed by atoms with van der Waals surface area (Å²) in [5, 5.41) is 2.69. The summed E-state index contributed by atoms with van der Waals surface area (Å²) in [5.74, 6) is -0.971. The Balaban J connectivity index is 2.20. The summed E-state index contributed by atoms with van der Waals surface area (Å²) < 4.78 is 0. The number of hydrogen-bond donors (Lipinski definition) is 2. The van der Waals surface area contributed by atoms with Gasteiger partial charge in [0.2, 0.25) is 11.9 Å². The molecule has 0 fully saturated rings. The minimum Gasteiger partial charge on any atom is -0.366 e. The van der Waals surface area contributed by atoms with Crippen molar-refractivity contribution in [3.8, 4) is 0 Å². The van der Waals surface area contributed by atoms with E-state index in [9.17, 15) is 9.59 Å². The number of carbonyl (C=O) groups is 2. The molecular formula is C12H9ClN4O2. The van der Waals surface area contributed by atoms with E-state index in [4.69, 9.17) is 17.3 Å². The van der Waals surface area contributed by atoms with Crippen molar-refractivity contribution in [1.82, 2.24) is 9.97 Å². The number of nitrogens with zero attached hydrogens (tertiary/aromatic N) is 2. The smallest absolute Gasteiger partial charge is 0.258 e. The van der Waals surface area contributed by atoms with E-state index in [0.29, 0.717) is 0 Å². The maximum atomic E-state index is 11.9. The lowest BCUT2D eigenvalue weighted by molar-refractivity contribution is 0.1000. The highest BCUT2D eigenvalue weighted by Crippen LogP contribution is 2.09. The zero-order valence-corrected chi connectivity index (χ0v) is 10.4. The number of hydrogen-bond acceptors (Lipinski definition) is 4. The fourth-order valence-electron chi connectivity index (χ4n) is 1.38. The van der Waals surface area contributed by atoms with Gasteiger partial charge < -0.3 is 5.73 Å². The summed E-state index contributed by atoms with van der Waals surface area (Å²) in [6, 6.07) is 7.52. The zero-order chi connectivity index (χ0) is 13.8. The summed E-state index contributed by atoms with van der Waals surface area (Å²) in [7, 11) is 0. The number of halogens is 1. The third kappa shape index (κ3) is 3.26. The van der Waals surface area contributed by atoms with Crippen LogP contribution in [-0.2, 0) is 0 Å². The van der Waals surface area contributed by atoms with Crippen molar-refractivity contribution in [2.24, 2.45) is 5.73 Å². The van der Waals surface area contributed by atoms with Gasteiger partial charge in [-0.15, -0.1) is 0 Å². The van der Waals surface area contributed by atoms with Gasteiger partial charge in [-0.25, -0.2) is 9.97 Å². The number of nitrogens with one attached hydrogen (secondary N) is 1. The molecule has 0 aliphatic heterocycles. The molecule has 1 aromatic heterocycles. The van der Waals surface area contributed by atoms with Gasteiger partial charge in [0.15, 0.2) is 0 Å². The lowest BCUT2D eigenvalue weighted by atomic mass is 10.1. The topological polar surface area (TPSA) is 98.0 Å². The molecule has 6 nitrogen and oxygen atoms in total.